The summed E-state index contributed by atoms with van der Waals surface area (Å²) in [6.45, 7) is 0. The highest BCUT2D eigenvalue weighted by molar-refractivity contribution is 5.93. The van der Waals surface area contributed by atoms with Gasteiger partial charge in [0.1, 0.15) is 11.5 Å². The summed E-state index contributed by atoms with van der Waals surface area (Å²) in [6.07, 6.45) is 6.87. The number of benzene rings is 1. The highest BCUT2D eigenvalue weighted by Gasteiger charge is 2.07. The maximum Gasteiger partial charge on any atom is 0.271 e. The molecule has 2 N–H and O–H groups in total. The fraction of sp³-hybridized carbons (Fsp3) is 0. The molecule has 0 radical (unpaired) electrons. The van der Waals surface area contributed by atoms with Crippen LogP contribution in [-0.4, -0.2) is 15.0 Å². The Labute approximate surface area is 138 Å². The Morgan fingerprint density at radius 3 is 2.62 bits per heavy atom. The average Bonchev–Trinajstić information content (AvgIpc) is 2.64. The van der Waals surface area contributed by atoms with Crippen LogP contribution in [0.2, 0.25) is 0 Å². The summed E-state index contributed by atoms with van der Waals surface area (Å²) < 4.78 is 0. The first-order chi connectivity index (χ1) is 11.8. The number of nitrogens with zero attached hydrogens (tertiary/aromatic N) is 2. The molecule has 3 heterocycles. The number of hydrogen-bond acceptors (Lipinski definition) is 4. The zero-order valence-electron chi connectivity index (χ0n) is 12.7. The maximum atomic E-state index is 12.2. The summed E-state index contributed by atoms with van der Waals surface area (Å²) in [5.74, 6) is 0.658. The van der Waals surface area contributed by atoms with Crippen LogP contribution < -0.4 is 10.9 Å². The van der Waals surface area contributed by atoms with Gasteiger partial charge in [-0.1, -0.05) is 24.3 Å². The van der Waals surface area contributed by atoms with Crippen molar-refractivity contribution >= 4 is 22.3 Å². The number of fused-ring (bicyclic) bond motifs is 1. The van der Waals surface area contributed by atoms with Crippen molar-refractivity contribution in [1.29, 1.82) is 0 Å². The number of aromatic amines is 1. The van der Waals surface area contributed by atoms with Gasteiger partial charge >= 0.3 is 0 Å². The van der Waals surface area contributed by atoms with E-state index in [0.717, 1.165) is 21.9 Å². The molecule has 0 bridgehead atoms. The molecule has 5 nitrogen and oxygen atoms in total. The number of anilines is 2. The van der Waals surface area contributed by atoms with E-state index in [0.29, 0.717) is 11.5 Å². The van der Waals surface area contributed by atoms with Gasteiger partial charge in [0.15, 0.2) is 0 Å². The van der Waals surface area contributed by atoms with Crippen LogP contribution >= 0.6 is 0 Å². The number of nitrogens with one attached hydrogen (secondary N) is 2. The molecule has 0 aliphatic heterocycles. The van der Waals surface area contributed by atoms with E-state index < -0.39 is 0 Å². The van der Waals surface area contributed by atoms with E-state index in [2.05, 4.69) is 20.3 Å². The summed E-state index contributed by atoms with van der Waals surface area (Å²) in [4.78, 5) is 23.3. The molecule has 0 atom stereocenters. The third kappa shape index (κ3) is 2.63. The number of rotatable bonds is 3. The zero-order chi connectivity index (χ0) is 16.4. The normalized spacial score (nSPS) is 10.7. The smallest absolute Gasteiger partial charge is 0.271 e. The van der Waals surface area contributed by atoms with Crippen molar-refractivity contribution in [3.8, 4) is 11.1 Å². The van der Waals surface area contributed by atoms with Gasteiger partial charge in [0.25, 0.3) is 5.56 Å². The summed E-state index contributed by atoms with van der Waals surface area (Å²) in [5, 5.41) is 5.19. The van der Waals surface area contributed by atoms with Crippen LogP contribution in [0, 0.1) is 0 Å². The largest absolute Gasteiger partial charge is 0.335 e. The standard InChI is InChI=1S/C19H14N4O/c24-19-17(11-15(12-22-19)13-5-8-20-9-6-13)23-18-16-4-2-1-3-14(16)7-10-21-18/h1-12H,(H,21,23)(H,22,24). The highest BCUT2D eigenvalue weighted by atomic mass is 16.1. The molecule has 116 valence electrons. The van der Waals surface area contributed by atoms with Gasteiger partial charge < -0.3 is 10.3 Å². The predicted molar refractivity (Wildman–Crippen MR) is 95.3 cm³/mol. The third-order valence-corrected chi connectivity index (χ3v) is 3.84. The number of aromatic nitrogens is 3. The fourth-order valence-corrected chi connectivity index (χ4v) is 2.63. The Kier molecular flexibility index (Phi) is 3.51. The Balaban J connectivity index is 1.78. The van der Waals surface area contributed by atoms with E-state index in [9.17, 15) is 4.79 Å². The van der Waals surface area contributed by atoms with Gasteiger partial charge in [-0.25, -0.2) is 4.98 Å². The number of pyridine rings is 3. The Morgan fingerprint density at radius 1 is 0.917 bits per heavy atom. The van der Waals surface area contributed by atoms with E-state index >= 15 is 0 Å². The molecule has 0 aliphatic rings. The molecule has 4 rings (SSSR count). The molecule has 5 heteroatoms. The lowest BCUT2D eigenvalue weighted by Crippen LogP contribution is -2.11. The Hall–Kier alpha value is -3.47. The van der Waals surface area contributed by atoms with Crippen LogP contribution in [0.25, 0.3) is 21.9 Å². The molecule has 4 aromatic rings. The van der Waals surface area contributed by atoms with E-state index in [-0.39, 0.29) is 5.56 Å². The van der Waals surface area contributed by atoms with Crippen LogP contribution in [0.5, 0.6) is 0 Å². The fourth-order valence-electron chi connectivity index (χ4n) is 2.63. The second kappa shape index (κ2) is 5.96. The second-order valence-corrected chi connectivity index (χ2v) is 5.37. The monoisotopic (exact) mass is 314 g/mol. The van der Waals surface area contributed by atoms with Crippen molar-refractivity contribution in [2.45, 2.75) is 0 Å². The van der Waals surface area contributed by atoms with Gasteiger partial charge in [-0.05, 0) is 35.2 Å². The van der Waals surface area contributed by atoms with Crippen LogP contribution in [-0.2, 0) is 0 Å². The van der Waals surface area contributed by atoms with Gasteiger partial charge in [-0.3, -0.25) is 9.78 Å². The van der Waals surface area contributed by atoms with Gasteiger partial charge in [-0.15, -0.1) is 0 Å². The first kappa shape index (κ1) is 14.1. The minimum Gasteiger partial charge on any atom is -0.335 e. The SMILES string of the molecule is O=c1[nH]cc(-c2ccncc2)cc1Nc1nccc2ccccc12. The lowest BCUT2D eigenvalue weighted by Gasteiger charge is -2.09. The lowest BCUT2D eigenvalue weighted by molar-refractivity contribution is 1.22. The van der Waals surface area contributed by atoms with Crippen molar-refractivity contribution in [2.24, 2.45) is 0 Å². The van der Waals surface area contributed by atoms with Crippen LogP contribution in [0.15, 0.2) is 78.1 Å². The molecule has 0 aliphatic carbocycles. The molecule has 0 fully saturated rings. The Morgan fingerprint density at radius 2 is 1.75 bits per heavy atom. The summed E-state index contributed by atoms with van der Waals surface area (Å²) in [7, 11) is 0. The van der Waals surface area contributed by atoms with Crippen molar-refractivity contribution in [2.75, 3.05) is 5.32 Å². The first-order valence-electron chi connectivity index (χ1n) is 7.55. The molecule has 24 heavy (non-hydrogen) atoms. The predicted octanol–water partition coefficient (Wildman–Crippen LogP) is 3.73. The third-order valence-electron chi connectivity index (χ3n) is 3.84. The van der Waals surface area contributed by atoms with E-state index in [4.69, 9.17) is 0 Å². The quantitative estimate of drug-likeness (QED) is 0.604. The summed E-state index contributed by atoms with van der Waals surface area (Å²) >= 11 is 0. The van der Waals surface area contributed by atoms with Crippen molar-refractivity contribution in [3.63, 3.8) is 0 Å². The highest BCUT2D eigenvalue weighted by Crippen LogP contribution is 2.24. The van der Waals surface area contributed by atoms with Gasteiger partial charge in [0.2, 0.25) is 0 Å². The molecule has 0 spiro atoms. The van der Waals surface area contributed by atoms with Crippen molar-refractivity contribution < 1.29 is 0 Å². The topological polar surface area (TPSA) is 70.7 Å². The van der Waals surface area contributed by atoms with Crippen molar-refractivity contribution in [1.82, 2.24) is 15.0 Å². The molecule has 1 aromatic carbocycles. The molecule has 0 unspecified atom stereocenters. The average molecular weight is 314 g/mol. The van der Waals surface area contributed by atoms with Crippen molar-refractivity contribution in [3.05, 3.63) is 83.7 Å². The van der Waals surface area contributed by atoms with Gasteiger partial charge in [-0.2, -0.15) is 0 Å². The van der Waals surface area contributed by atoms with E-state index in [1.165, 1.54) is 0 Å². The van der Waals surface area contributed by atoms with Crippen LogP contribution in [0.4, 0.5) is 11.5 Å². The van der Waals surface area contributed by atoms with E-state index in [1.807, 2.05) is 48.5 Å². The molecule has 0 saturated heterocycles. The lowest BCUT2D eigenvalue weighted by atomic mass is 10.1. The number of hydrogen-bond donors (Lipinski definition) is 2. The minimum atomic E-state index is -0.192. The summed E-state index contributed by atoms with van der Waals surface area (Å²) in [5.41, 5.74) is 2.14. The summed E-state index contributed by atoms with van der Waals surface area (Å²) in [6, 6.07) is 15.5. The Bertz CT molecular complexity index is 1050. The van der Waals surface area contributed by atoms with Crippen LogP contribution in [0.3, 0.4) is 0 Å². The first-order valence-corrected chi connectivity index (χ1v) is 7.55. The van der Waals surface area contributed by atoms with E-state index in [1.54, 1.807) is 24.8 Å². The maximum absolute atomic E-state index is 12.2. The molecular formula is C19H14N4O. The van der Waals surface area contributed by atoms with Crippen LogP contribution in [0.1, 0.15) is 0 Å². The molecule has 0 saturated carbocycles. The molecule has 0 amide bonds. The number of H-pyrrole nitrogens is 1. The molecule has 3 aromatic heterocycles. The second-order valence-electron chi connectivity index (χ2n) is 5.37. The minimum absolute atomic E-state index is 0.192. The molecular weight excluding hydrogens is 300 g/mol. The zero-order valence-corrected chi connectivity index (χ0v) is 12.7. The van der Waals surface area contributed by atoms with Gasteiger partial charge in [0.05, 0.1) is 0 Å². The van der Waals surface area contributed by atoms with Gasteiger partial charge in [0, 0.05) is 35.7 Å².